The molecule has 1 N–H and O–H groups in total. The van der Waals surface area contributed by atoms with Crippen LogP contribution in [0.15, 0.2) is 22.7 Å². The highest BCUT2D eigenvalue weighted by atomic mass is 79.9. The summed E-state index contributed by atoms with van der Waals surface area (Å²) >= 11 is 3.26. The molecule has 5 heteroatoms. The van der Waals surface area contributed by atoms with Gasteiger partial charge in [-0.05, 0) is 41.1 Å². The van der Waals surface area contributed by atoms with Crippen molar-refractivity contribution in [2.45, 2.75) is 13.0 Å². The van der Waals surface area contributed by atoms with Crippen LogP contribution >= 0.6 is 15.9 Å². The summed E-state index contributed by atoms with van der Waals surface area (Å²) in [6.07, 6.45) is 0.00798. The highest BCUT2D eigenvalue weighted by molar-refractivity contribution is 9.10. The van der Waals surface area contributed by atoms with E-state index in [0.29, 0.717) is 23.4 Å². The largest absolute Gasteiger partial charge is 0.488 e. The Bertz CT molecular complexity index is 349. The van der Waals surface area contributed by atoms with Crippen molar-refractivity contribution >= 4 is 15.9 Å². The molecule has 1 atom stereocenters. The standard InChI is InChI=1S/C12H17BrFNO2/c1-9(8-15-5-6-16-2)17-12-4-3-10(14)7-11(12)13/h3-4,7,9,15H,5-6,8H2,1-2H3. The number of hydrogen-bond donors (Lipinski definition) is 1. The number of nitrogens with one attached hydrogen (secondary N) is 1. The van der Waals surface area contributed by atoms with E-state index in [0.717, 1.165) is 6.54 Å². The molecule has 0 saturated carbocycles. The number of rotatable bonds is 7. The first kappa shape index (κ1) is 14.4. The Labute approximate surface area is 109 Å². The Morgan fingerprint density at radius 3 is 2.88 bits per heavy atom. The van der Waals surface area contributed by atoms with Gasteiger partial charge in [-0.15, -0.1) is 0 Å². The lowest BCUT2D eigenvalue weighted by molar-refractivity contribution is 0.183. The first-order valence-corrected chi connectivity index (χ1v) is 6.24. The maximum atomic E-state index is 12.9. The predicted molar refractivity (Wildman–Crippen MR) is 68.9 cm³/mol. The third-order valence-electron chi connectivity index (χ3n) is 2.14. The molecule has 0 aliphatic rings. The van der Waals surface area contributed by atoms with Crippen LogP contribution in [0.1, 0.15) is 6.92 Å². The van der Waals surface area contributed by atoms with Gasteiger partial charge in [-0.1, -0.05) is 0 Å². The molecular weight excluding hydrogens is 289 g/mol. The second-order valence-corrected chi connectivity index (χ2v) is 4.55. The van der Waals surface area contributed by atoms with Gasteiger partial charge in [0, 0.05) is 20.2 Å². The molecule has 0 aromatic heterocycles. The summed E-state index contributed by atoms with van der Waals surface area (Å²) in [5.74, 6) is 0.363. The van der Waals surface area contributed by atoms with Gasteiger partial charge in [0.05, 0.1) is 11.1 Å². The van der Waals surface area contributed by atoms with Gasteiger partial charge in [-0.2, -0.15) is 0 Å². The van der Waals surface area contributed by atoms with Crippen LogP contribution in [-0.2, 0) is 4.74 Å². The molecule has 0 spiro atoms. The minimum absolute atomic E-state index is 0.00798. The number of hydrogen-bond acceptors (Lipinski definition) is 3. The summed E-state index contributed by atoms with van der Waals surface area (Å²) in [5.41, 5.74) is 0. The molecule has 0 aliphatic heterocycles. The molecule has 96 valence electrons. The van der Waals surface area contributed by atoms with Crippen molar-refractivity contribution < 1.29 is 13.9 Å². The Kier molecular flexibility index (Phi) is 6.47. The molecule has 0 aliphatic carbocycles. The fourth-order valence-corrected chi connectivity index (χ4v) is 1.75. The summed E-state index contributed by atoms with van der Waals surface area (Å²) in [6, 6.07) is 4.39. The second kappa shape index (κ2) is 7.63. The molecule has 0 saturated heterocycles. The third-order valence-corrected chi connectivity index (χ3v) is 2.76. The average Bonchev–Trinajstić information content (AvgIpc) is 2.28. The first-order valence-electron chi connectivity index (χ1n) is 5.45. The molecule has 0 amide bonds. The zero-order valence-corrected chi connectivity index (χ0v) is 11.6. The van der Waals surface area contributed by atoms with Crippen molar-refractivity contribution in [2.75, 3.05) is 26.8 Å². The Hall–Kier alpha value is -0.650. The molecular formula is C12H17BrFNO2. The molecule has 1 unspecified atom stereocenters. The Balaban J connectivity index is 2.37. The zero-order chi connectivity index (χ0) is 12.7. The van der Waals surface area contributed by atoms with Crippen molar-refractivity contribution in [3.05, 3.63) is 28.5 Å². The van der Waals surface area contributed by atoms with E-state index in [-0.39, 0.29) is 11.9 Å². The maximum absolute atomic E-state index is 12.9. The summed E-state index contributed by atoms with van der Waals surface area (Å²) in [6.45, 7) is 4.13. The van der Waals surface area contributed by atoms with Crippen LogP contribution in [0.25, 0.3) is 0 Å². The predicted octanol–water partition coefficient (Wildman–Crippen LogP) is 2.59. The zero-order valence-electron chi connectivity index (χ0n) is 10.0. The van der Waals surface area contributed by atoms with Gasteiger partial charge in [-0.25, -0.2) is 4.39 Å². The lowest BCUT2D eigenvalue weighted by Crippen LogP contribution is -2.31. The van der Waals surface area contributed by atoms with E-state index >= 15 is 0 Å². The fraction of sp³-hybridized carbons (Fsp3) is 0.500. The molecule has 0 fully saturated rings. The van der Waals surface area contributed by atoms with E-state index in [4.69, 9.17) is 9.47 Å². The highest BCUT2D eigenvalue weighted by Gasteiger charge is 2.07. The summed E-state index contributed by atoms with van der Waals surface area (Å²) in [7, 11) is 1.66. The van der Waals surface area contributed by atoms with Crippen LogP contribution in [-0.4, -0.2) is 32.9 Å². The van der Waals surface area contributed by atoms with E-state index in [1.54, 1.807) is 13.2 Å². The van der Waals surface area contributed by atoms with Crippen LogP contribution < -0.4 is 10.1 Å². The highest BCUT2D eigenvalue weighted by Crippen LogP contribution is 2.26. The molecule has 0 bridgehead atoms. The van der Waals surface area contributed by atoms with Gasteiger partial charge < -0.3 is 14.8 Å². The van der Waals surface area contributed by atoms with Crippen molar-refractivity contribution in [2.24, 2.45) is 0 Å². The van der Waals surface area contributed by atoms with Crippen LogP contribution in [0.5, 0.6) is 5.75 Å². The fourth-order valence-electron chi connectivity index (χ4n) is 1.31. The SMILES string of the molecule is COCCNCC(C)Oc1ccc(F)cc1Br. The number of ether oxygens (including phenoxy) is 2. The molecule has 1 rings (SSSR count). The molecule has 3 nitrogen and oxygen atoms in total. The summed E-state index contributed by atoms with van der Waals surface area (Å²) in [4.78, 5) is 0. The second-order valence-electron chi connectivity index (χ2n) is 3.70. The summed E-state index contributed by atoms with van der Waals surface area (Å²) in [5, 5.41) is 3.20. The number of benzene rings is 1. The lowest BCUT2D eigenvalue weighted by atomic mass is 10.3. The summed E-state index contributed by atoms with van der Waals surface area (Å²) < 4.78 is 24.1. The molecule has 0 heterocycles. The molecule has 1 aromatic rings. The number of halogens is 2. The minimum Gasteiger partial charge on any atom is -0.488 e. The van der Waals surface area contributed by atoms with Gasteiger partial charge in [-0.3, -0.25) is 0 Å². The normalized spacial score (nSPS) is 12.5. The Morgan fingerprint density at radius 2 is 2.24 bits per heavy atom. The van der Waals surface area contributed by atoms with Crippen molar-refractivity contribution in [1.29, 1.82) is 0 Å². The monoisotopic (exact) mass is 305 g/mol. The molecule has 17 heavy (non-hydrogen) atoms. The van der Waals surface area contributed by atoms with E-state index < -0.39 is 0 Å². The molecule has 0 radical (unpaired) electrons. The van der Waals surface area contributed by atoms with Gasteiger partial charge in [0.25, 0.3) is 0 Å². The molecule has 1 aromatic carbocycles. The minimum atomic E-state index is -0.282. The Morgan fingerprint density at radius 1 is 1.47 bits per heavy atom. The van der Waals surface area contributed by atoms with E-state index in [9.17, 15) is 4.39 Å². The van der Waals surface area contributed by atoms with E-state index in [2.05, 4.69) is 21.2 Å². The smallest absolute Gasteiger partial charge is 0.134 e. The van der Waals surface area contributed by atoms with Gasteiger partial charge >= 0.3 is 0 Å². The van der Waals surface area contributed by atoms with E-state index in [1.807, 2.05) is 6.92 Å². The van der Waals surface area contributed by atoms with Crippen LogP contribution in [0, 0.1) is 5.82 Å². The quantitative estimate of drug-likeness (QED) is 0.786. The van der Waals surface area contributed by atoms with E-state index in [1.165, 1.54) is 12.1 Å². The first-order chi connectivity index (χ1) is 8.13. The number of methoxy groups -OCH3 is 1. The van der Waals surface area contributed by atoms with Gasteiger partial charge in [0.2, 0.25) is 0 Å². The van der Waals surface area contributed by atoms with Crippen LogP contribution in [0.3, 0.4) is 0 Å². The topological polar surface area (TPSA) is 30.5 Å². The van der Waals surface area contributed by atoms with Gasteiger partial charge in [0.1, 0.15) is 17.7 Å². The van der Waals surface area contributed by atoms with Crippen LogP contribution in [0.2, 0.25) is 0 Å². The van der Waals surface area contributed by atoms with Crippen LogP contribution in [0.4, 0.5) is 4.39 Å². The third kappa shape index (κ3) is 5.48. The lowest BCUT2D eigenvalue weighted by Gasteiger charge is -2.16. The average molecular weight is 306 g/mol. The maximum Gasteiger partial charge on any atom is 0.134 e. The van der Waals surface area contributed by atoms with Crippen molar-refractivity contribution in [1.82, 2.24) is 5.32 Å². The van der Waals surface area contributed by atoms with Gasteiger partial charge in [0.15, 0.2) is 0 Å². The van der Waals surface area contributed by atoms with Crippen molar-refractivity contribution in [3.63, 3.8) is 0 Å². The van der Waals surface area contributed by atoms with Crippen molar-refractivity contribution in [3.8, 4) is 5.75 Å².